The van der Waals surface area contributed by atoms with Gasteiger partial charge in [0.1, 0.15) is 35.2 Å². The fraction of sp³-hybridized carbons (Fsp3) is 0.611. The number of esters is 2. The third-order valence-corrected chi connectivity index (χ3v) is 8.97. The molecule has 0 fully saturated rings. The lowest BCUT2D eigenvalue weighted by atomic mass is 9.83. The zero-order chi connectivity index (χ0) is 34.5. The van der Waals surface area contributed by atoms with Gasteiger partial charge in [-0.05, 0) is 46.6 Å². The molecule has 7 atom stereocenters. The quantitative estimate of drug-likeness (QED) is 0.192. The predicted molar refractivity (Wildman–Crippen MR) is 174 cm³/mol. The number of aliphatic hydroxyl groups excluding tert-OH is 1. The number of aryl methyl sites for hydroxylation is 1. The van der Waals surface area contributed by atoms with Crippen LogP contribution in [0.4, 0.5) is 0 Å². The summed E-state index contributed by atoms with van der Waals surface area (Å²) in [6.07, 6.45) is 0.636. The Morgan fingerprint density at radius 1 is 0.756 bits per heavy atom. The first-order chi connectivity index (χ1) is 20.9. The summed E-state index contributed by atoms with van der Waals surface area (Å²) in [5.74, 6) is -0.831. The van der Waals surface area contributed by atoms with Crippen molar-refractivity contribution in [2.24, 2.45) is 5.92 Å². The van der Waals surface area contributed by atoms with Gasteiger partial charge in [0.25, 0.3) is 0 Å². The molecule has 0 aliphatic carbocycles. The molecule has 2 rings (SSSR count). The van der Waals surface area contributed by atoms with Crippen LogP contribution in [0.2, 0.25) is 0 Å². The van der Waals surface area contributed by atoms with Gasteiger partial charge in [-0.2, -0.15) is 0 Å². The number of aliphatic hydroxyl groups is 1. The van der Waals surface area contributed by atoms with Crippen molar-refractivity contribution in [1.29, 1.82) is 0 Å². The Balaban J connectivity index is 2.51. The van der Waals surface area contributed by atoms with Gasteiger partial charge in [0, 0.05) is 54.4 Å². The molecule has 2 aromatic heterocycles. The van der Waals surface area contributed by atoms with Gasteiger partial charge in [0.05, 0.1) is 17.9 Å². The van der Waals surface area contributed by atoms with E-state index >= 15 is 0 Å². The van der Waals surface area contributed by atoms with E-state index in [1.165, 1.54) is 13.8 Å². The van der Waals surface area contributed by atoms with Crippen LogP contribution in [-0.2, 0) is 25.5 Å². The van der Waals surface area contributed by atoms with Crippen LogP contribution in [0.1, 0.15) is 132 Å². The number of carbonyl (C=O) groups excluding carboxylic acids is 2. The highest BCUT2D eigenvalue weighted by Crippen LogP contribution is 2.34. The van der Waals surface area contributed by atoms with E-state index in [0.29, 0.717) is 63.7 Å². The van der Waals surface area contributed by atoms with Gasteiger partial charge in [0.2, 0.25) is 0 Å². The molecule has 1 N–H and O–H groups in total. The zero-order valence-corrected chi connectivity index (χ0v) is 29.2. The lowest BCUT2D eigenvalue weighted by Crippen LogP contribution is -2.38. The largest absolute Gasteiger partial charge is 0.465 e. The molecule has 9 heteroatoms. The number of ether oxygens (including phenoxy) is 2. The van der Waals surface area contributed by atoms with E-state index in [0.717, 1.165) is 0 Å². The standard InChI is InChI=1S/C36H52O9/c1-14-28-19(5)31(40)23(9)36(44-28)25(11)35(43-27(13)38)21(7)30(39)17(3)16-18(4)33-22(8)32(41)24(10)34(45-33)20(6)29(15-2)42-26(12)37/h16,18,20-21,25,29-30,35,39H,14-15H2,1-13H3/b17-16+/t18-,20+,21+,25-,29+,30-,35-/m1/s1. The van der Waals surface area contributed by atoms with Gasteiger partial charge < -0.3 is 23.4 Å². The first-order valence-electron chi connectivity index (χ1n) is 15.9. The third-order valence-electron chi connectivity index (χ3n) is 8.97. The summed E-state index contributed by atoms with van der Waals surface area (Å²) in [6, 6.07) is 0. The molecule has 0 radical (unpaired) electrons. The Labute approximate surface area is 267 Å². The monoisotopic (exact) mass is 628 g/mol. The molecule has 0 aliphatic heterocycles. The molecular formula is C36H52O9. The minimum absolute atomic E-state index is 0.110. The van der Waals surface area contributed by atoms with Crippen molar-refractivity contribution >= 4 is 11.9 Å². The van der Waals surface area contributed by atoms with E-state index in [9.17, 15) is 24.3 Å². The minimum Gasteiger partial charge on any atom is -0.465 e. The fourth-order valence-electron chi connectivity index (χ4n) is 6.31. The van der Waals surface area contributed by atoms with Crippen molar-refractivity contribution in [2.75, 3.05) is 0 Å². The van der Waals surface area contributed by atoms with Crippen LogP contribution in [0.15, 0.2) is 30.1 Å². The normalized spacial score (nSPS) is 16.7. The average molecular weight is 629 g/mol. The second-order valence-electron chi connectivity index (χ2n) is 12.4. The van der Waals surface area contributed by atoms with E-state index < -0.39 is 48.0 Å². The maximum atomic E-state index is 13.3. The molecular weight excluding hydrogens is 576 g/mol. The van der Waals surface area contributed by atoms with Crippen LogP contribution in [0, 0.1) is 33.6 Å². The van der Waals surface area contributed by atoms with Crippen LogP contribution in [0.3, 0.4) is 0 Å². The molecule has 9 nitrogen and oxygen atoms in total. The van der Waals surface area contributed by atoms with E-state index in [-0.39, 0.29) is 16.8 Å². The van der Waals surface area contributed by atoms with Crippen molar-refractivity contribution < 1.29 is 33.0 Å². The second-order valence-corrected chi connectivity index (χ2v) is 12.4. The topological polar surface area (TPSA) is 133 Å². The molecule has 0 saturated heterocycles. The predicted octanol–water partition coefficient (Wildman–Crippen LogP) is 6.62. The number of hydrogen-bond donors (Lipinski definition) is 1. The first kappa shape index (κ1) is 37.7. The number of allylic oxidation sites excluding steroid dienone is 1. The van der Waals surface area contributed by atoms with Crippen LogP contribution in [0.5, 0.6) is 0 Å². The lowest BCUT2D eigenvalue weighted by Gasteiger charge is -2.32. The fourth-order valence-corrected chi connectivity index (χ4v) is 6.31. The van der Waals surface area contributed by atoms with E-state index in [4.69, 9.17) is 18.3 Å². The Morgan fingerprint density at radius 2 is 1.24 bits per heavy atom. The van der Waals surface area contributed by atoms with Crippen LogP contribution in [-0.4, -0.2) is 35.4 Å². The lowest BCUT2D eigenvalue weighted by molar-refractivity contribution is -0.152. The molecule has 0 saturated carbocycles. The Kier molecular flexibility index (Phi) is 13.2. The SMILES string of the molecule is CCc1oc([C@H](C)[C@H](OC(C)=O)[C@@H](C)[C@H](O)/C(C)=C/[C@@H](C)c2oc([C@@H](C)[C@H](CC)OC(C)=O)c(C)c(=O)c2C)c(C)c(=O)c1C. The first-order valence-corrected chi connectivity index (χ1v) is 15.9. The minimum atomic E-state index is -1.04. The maximum Gasteiger partial charge on any atom is 0.302 e. The molecule has 45 heavy (non-hydrogen) atoms. The number of rotatable bonds is 13. The average Bonchev–Trinajstić information content (AvgIpc) is 2.98. The van der Waals surface area contributed by atoms with E-state index in [1.807, 2.05) is 40.7 Å². The molecule has 0 aromatic carbocycles. The summed E-state index contributed by atoms with van der Waals surface area (Å²) in [5.41, 5.74) is 2.28. The highest BCUT2D eigenvalue weighted by atomic mass is 16.5. The van der Waals surface area contributed by atoms with Crippen molar-refractivity contribution in [1.82, 2.24) is 0 Å². The van der Waals surface area contributed by atoms with Crippen LogP contribution < -0.4 is 10.9 Å². The third kappa shape index (κ3) is 8.43. The second kappa shape index (κ2) is 15.7. The summed E-state index contributed by atoms with van der Waals surface area (Å²) in [7, 11) is 0. The summed E-state index contributed by atoms with van der Waals surface area (Å²) < 4.78 is 23.8. The Bertz CT molecular complexity index is 1530. The highest BCUT2D eigenvalue weighted by molar-refractivity contribution is 5.66. The Hall–Kier alpha value is -3.46. The molecule has 0 amide bonds. The van der Waals surface area contributed by atoms with E-state index in [1.54, 1.807) is 41.5 Å². The van der Waals surface area contributed by atoms with Crippen molar-refractivity contribution in [3.63, 3.8) is 0 Å². The molecule has 0 unspecified atom stereocenters. The summed E-state index contributed by atoms with van der Waals surface area (Å²) in [6.45, 7) is 22.5. The zero-order valence-electron chi connectivity index (χ0n) is 29.2. The van der Waals surface area contributed by atoms with Gasteiger partial charge in [-0.15, -0.1) is 0 Å². The molecule has 0 spiro atoms. The van der Waals surface area contributed by atoms with Gasteiger partial charge in [-0.1, -0.05) is 47.6 Å². The number of hydrogen-bond acceptors (Lipinski definition) is 9. The van der Waals surface area contributed by atoms with Gasteiger partial charge in [-0.3, -0.25) is 19.2 Å². The molecule has 0 bridgehead atoms. The van der Waals surface area contributed by atoms with Crippen LogP contribution >= 0.6 is 0 Å². The van der Waals surface area contributed by atoms with Gasteiger partial charge >= 0.3 is 11.9 Å². The highest BCUT2D eigenvalue weighted by Gasteiger charge is 2.36. The van der Waals surface area contributed by atoms with E-state index in [2.05, 4.69) is 0 Å². The molecule has 0 aliphatic rings. The number of carbonyl (C=O) groups is 2. The molecule has 2 aromatic rings. The maximum absolute atomic E-state index is 13.3. The molecule has 2 heterocycles. The van der Waals surface area contributed by atoms with Crippen molar-refractivity contribution in [3.05, 3.63) is 77.4 Å². The summed E-state index contributed by atoms with van der Waals surface area (Å²) >= 11 is 0. The van der Waals surface area contributed by atoms with Gasteiger partial charge in [-0.25, -0.2) is 0 Å². The summed E-state index contributed by atoms with van der Waals surface area (Å²) in [4.78, 5) is 50.1. The van der Waals surface area contributed by atoms with Crippen molar-refractivity contribution in [3.8, 4) is 0 Å². The Morgan fingerprint density at radius 3 is 1.73 bits per heavy atom. The summed E-state index contributed by atoms with van der Waals surface area (Å²) in [5, 5.41) is 11.5. The smallest absolute Gasteiger partial charge is 0.302 e. The van der Waals surface area contributed by atoms with Gasteiger partial charge in [0.15, 0.2) is 10.9 Å². The van der Waals surface area contributed by atoms with Crippen molar-refractivity contribution in [2.45, 2.75) is 139 Å². The van der Waals surface area contributed by atoms with Crippen LogP contribution in [0.25, 0.3) is 0 Å². The molecule has 250 valence electrons.